The highest BCUT2D eigenvalue weighted by molar-refractivity contribution is 6.08. The molecule has 0 radical (unpaired) electrons. The minimum Gasteiger partial charge on any atom is -0.373 e. The van der Waals surface area contributed by atoms with Crippen molar-refractivity contribution in [3.63, 3.8) is 0 Å². The fourth-order valence-electron chi connectivity index (χ4n) is 4.81. The minimum atomic E-state index is -0.350. The first-order valence-electron chi connectivity index (χ1n) is 9.12. The van der Waals surface area contributed by atoms with Crippen LogP contribution in [-0.4, -0.2) is 72.0 Å². The Morgan fingerprint density at radius 3 is 2.42 bits per heavy atom. The van der Waals surface area contributed by atoms with E-state index < -0.39 is 0 Å². The Morgan fingerprint density at radius 2 is 1.88 bits per heavy atom. The SMILES string of the molecule is CCCN(C(=O)CN1C(=O)C2C3CCC(O3)C2C1=O)C1CCNC1. The number of hydrogen-bond donors (Lipinski definition) is 1. The van der Waals surface area contributed by atoms with Gasteiger partial charge in [0.15, 0.2) is 0 Å². The molecule has 0 aromatic rings. The molecule has 5 unspecified atom stereocenters. The molecule has 4 fully saturated rings. The van der Waals surface area contributed by atoms with E-state index >= 15 is 0 Å². The summed E-state index contributed by atoms with van der Waals surface area (Å²) in [5.41, 5.74) is 0. The maximum atomic E-state index is 12.8. The molecule has 132 valence electrons. The van der Waals surface area contributed by atoms with Gasteiger partial charge in [-0.1, -0.05) is 6.92 Å². The second-order valence-electron chi connectivity index (χ2n) is 7.34. The van der Waals surface area contributed by atoms with Gasteiger partial charge in [0.05, 0.1) is 24.0 Å². The molecule has 4 aliphatic heterocycles. The second kappa shape index (κ2) is 6.11. The summed E-state index contributed by atoms with van der Waals surface area (Å²) in [6, 6.07) is 0.171. The molecule has 4 saturated heterocycles. The number of rotatable bonds is 5. The fraction of sp³-hybridized carbons (Fsp3) is 0.824. The minimum absolute atomic E-state index is 0.111. The molecule has 1 N–H and O–H groups in total. The molecular weight excluding hydrogens is 310 g/mol. The van der Waals surface area contributed by atoms with Crippen molar-refractivity contribution in [2.24, 2.45) is 11.8 Å². The third-order valence-electron chi connectivity index (χ3n) is 5.93. The number of amides is 3. The second-order valence-corrected chi connectivity index (χ2v) is 7.34. The molecule has 0 aromatic heterocycles. The molecule has 0 aliphatic carbocycles. The predicted molar refractivity (Wildman–Crippen MR) is 84.9 cm³/mol. The van der Waals surface area contributed by atoms with Crippen LogP contribution in [0.3, 0.4) is 0 Å². The number of nitrogens with zero attached hydrogens (tertiary/aromatic N) is 2. The Kier molecular flexibility index (Phi) is 4.08. The van der Waals surface area contributed by atoms with Crippen LogP contribution in [0.4, 0.5) is 0 Å². The Balaban J connectivity index is 1.47. The van der Waals surface area contributed by atoms with Gasteiger partial charge in [-0.3, -0.25) is 19.3 Å². The molecule has 24 heavy (non-hydrogen) atoms. The summed E-state index contributed by atoms with van der Waals surface area (Å²) in [6.45, 7) is 4.29. The summed E-state index contributed by atoms with van der Waals surface area (Å²) in [5, 5.41) is 3.27. The molecule has 7 heteroatoms. The van der Waals surface area contributed by atoms with Crippen molar-refractivity contribution in [3.8, 4) is 0 Å². The summed E-state index contributed by atoms with van der Waals surface area (Å²) >= 11 is 0. The van der Waals surface area contributed by atoms with Gasteiger partial charge in [0.2, 0.25) is 17.7 Å². The summed E-state index contributed by atoms with van der Waals surface area (Å²) < 4.78 is 5.73. The van der Waals surface area contributed by atoms with Crippen LogP contribution < -0.4 is 5.32 Å². The van der Waals surface area contributed by atoms with Crippen LogP contribution in [0.5, 0.6) is 0 Å². The molecule has 4 rings (SSSR count). The zero-order chi connectivity index (χ0) is 16.8. The van der Waals surface area contributed by atoms with E-state index in [1.54, 1.807) is 0 Å². The van der Waals surface area contributed by atoms with Crippen molar-refractivity contribution in [2.75, 3.05) is 26.2 Å². The smallest absolute Gasteiger partial charge is 0.243 e. The number of carbonyl (C=O) groups is 3. The zero-order valence-corrected chi connectivity index (χ0v) is 14.1. The van der Waals surface area contributed by atoms with E-state index in [4.69, 9.17) is 4.74 Å². The van der Waals surface area contributed by atoms with Crippen molar-refractivity contribution in [1.29, 1.82) is 0 Å². The van der Waals surface area contributed by atoms with E-state index in [9.17, 15) is 14.4 Å². The van der Waals surface area contributed by atoms with Crippen molar-refractivity contribution in [1.82, 2.24) is 15.1 Å². The van der Waals surface area contributed by atoms with Gasteiger partial charge in [-0.25, -0.2) is 0 Å². The first-order chi connectivity index (χ1) is 11.6. The van der Waals surface area contributed by atoms with Crippen LogP contribution in [0.15, 0.2) is 0 Å². The first kappa shape index (κ1) is 16.0. The highest BCUT2D eigenvalue weighted by atomic mass is 16.5. The van der Waals surface area contributed by atoms with Crippen LogP contribution in [-0.2, 0) is 19.1 Å². The predicted octanol–water partition coefficient (Wildman–Crippen LogP) is -0.251. The summed E-state index contributed by atoms with van der Waals surface area (Å²) in [6.07, 6.45) is 3.25. The lowest BCUT2D eigenvalue weighted by Crippen LogP contribution is -2.48. The number of nitrogens with one attached hydrogen (secondary N) is 1. The number of imide groups is 1. The molecule has 2 bridgehead atoms. The third kappa shape index (κ3) is 2.37. The molecule has 4 heterocycles. The molecule has 0 spiro atoms. The topological polar surface area (TPSA) is 79.0 Å². The van der Waals surface area contributed by atoms with Crippen molar-refractivity contribution >= 4 is 17.7 Å². The standard InChI is InChI=1S/C17H25N3O4/c1-2-7-19(10-5-6-18-8-10)13(21)9-20-16(22)14-11-3-4-12(24-11)15(14)17(20)23/h10-12,14-15,18H,2-9H2,1H3. The van der Waals surface area contributed by atoms with E-state index in [-0.39, 0.29) is 54.4 Å². The van der Waals surface area contributed by atoms with Gasteiger partial charge >= 0.3 is 0 Å². The van der Waals surface area contributed by atoms with Crippen molar-refractivity contribution in [3.05, 3.63) is 0 Å². The Labute approximate surface area is 141 Å². The monoisotopic (exact) mass is 335 g/mol. The van der Waals surface area contributed by atoms with Gasteiger partial charge in [0.1, 0.15) is 6.54 Å². The van der Waals surface area contributed by atoms with Crippen LogP contribution in [0.25, 0.3) is 0 Å². The van der Waals surface area contributed by atoms with E-state index in [2.05, 4.69) is 5.32 Å². The largest absolute Gasteiger partial charge is 0.373 e. The van der Waals surface area contributed by atoms with Crippen LogP contribution in [0.2, 0.25) is 0 Å². The number of ether oxygens (including phenoxy) is 1. The average Bonchev–Trinajstić information content (AvgIpc) is 3.34. The van der Waals surface area contributed by atoms with E-state index in [1.807, 2.05) is 11.8 Å². The van der Waals surface area contributed by atoms with Crippen molar-refractivity contribution in [2.45, 2.75) is 50.9 Å². The average molecular weight is 335 g/mol. The number of fused-ring (bicyclic) bond motifs is 5. The summed E-state index contributed by atoms with van der Waals surface area (Å²) in [7, 11) is 0. The first-order valence-corrected chi connectivity index (χ1v) is 9.12. The molecule has 0 saturated carbocycles. The Morgan fingerprint density at radius 1 is 1.21 bits per heavy atom. The number of carbonyl (C=O) groups excluding carboxylic acids is 3. The lowest BCUT2D eigenvalue weighted by molar-refractivity contribution is -0.149. The summed E-state index contributed by atoms with van der Waals surface area (Å²) in [4.78, 5) is 41.2. The van der Waals surface area contributed by atoms with E-state index in [1.165, 1.54) is 4.90 Å². The van der Waals surface area contributed by atoms with Gasteiger partial charge in [-0.05, 0) is 32.2 Å². The zero-order valence-electron chi connectivity index (χ0n) is 14.1. The number of hydrogen-bond acceptors (Lipinski definition) is 5. The van der Waals surface area contributed by atoms with Gasteiger partial charge in [-0.2, -0.15) is 0 Å². The lowest BCUT2D eigenvalue weighted by Gasteiger charge is -2.30. The van der Waals surface area contributed by atoms with Crippen LogP contribution in [0.1, 0.15) is 32.6 Å². The third-order valence-corrected chi connectivity index (χ3v) is 5.93. The van der Waals surface area contributed by atoms with Gasteiger partial charge in [0, 0.05) is 19.1 Å². The van der Waals surface area contributed by atoms with E-state index in [0.717, 1.165) is 38.8 Å². The van der Waals surface area contributed by atoms with Crippen LogP contribution >= 0.6 is 0 Å². The molecule has 4 aliphatic rings. The van der Waals surface area contributed by atoms with Gasteiger partial charge < -0.3 is 15.0 Å². The van der Waals surface area contributed by atoms with Gasteiger partial charge in [0.25, 0.3) is 0 Å². The highest BCUT2D eigenvalue weighted by Gasteiger charge is 2.62. The Bertz CT molecular complexity index is 532. The summed E-state index contributed by atoms with van der Waals surface area (Å²) in [5.74, 6) is -1.22. The highest BCUT2D eigenvalue weighted by Crippen LogP contribution is 2.48. The maximum Gasteiger partial charge on any atom is 0.243 e. The molecular formula is C17H25N3O4. The fourth-order valence-corrected chi connectivity index (χ4v) is 4.81. The van der Waals surface area contributed by atoms with Gasteiger partial charge in [-0.15, -0.1) is 0 Å². The van der Waals surface area contributed by atoms with E-state index in [0.29, 0.717) is 6.54 Å². The normalized spacial score (nSPS) is 37.4. The molecule has 0 aromatic carbocycles. The molecule has 3 amide bonds. The lowest BCUT2D eigenvalue weighted by atomic mass is 9.81. The Hall–Kier alpha value is -1.47. The van der Waals surface area contributed by atoms with Crippen molar-refractivity contribution < 1.29 is 19.1 Å². The number of likely N-dealkylation sites (tertiary alicyclic amines) is 1. The molecule has 7 nitrogen and oxygen atoms in total. The molecule has 5 atom stereocenters. The quantitative estimate of drug-likeness (QED) is 0.701. The van der Waals surface area contributed by atoms with Crippen LogP contribution in [0, 0.1) is 11.8 Å². The maximum absolute atomic E-state index is 12.8.